The monoisotopic (exact) mass is 880 g/mol. The van der Waals surface area contributed by atoms with Crippen LogP contribution in [0.15, 0.2) is 55.1 Å². The van der Waals surface area contributed by atoms with E-state index in [9.17, 15) is 33.1 Å². The Kier molecular flexibility index (Phi) is 10.8. The lowest BCUT2D eigenvalue weighted by atomic mass is 9.77. The minimum absolute atomic E-state index is 0.115. The number of nitrogens with zero attached hydrogens (tertiary/aromatic N) is 4. The minimum atomic E-state index is -3.48. The number of aliphatic hydroxyl groups excluding tert-OH is 1. The van der Waals surface area contributed by atoms with Crippen molar-refractivity contribution in [2.45, 2.75) is 114 Å². The zero-order valence-electron chi connectivity index (χ0n) is 35.8. The molecule has 3 fully saturated rings. The molecule has 0 radical (unpaired) electrons. The molecule has 1 saturated carbocycles. The lowest BCUT2D eigenvalue weighted by Gasteiger charge is -2.42. The summed E-state index contributed by atoms with van der Waals surface area (Å²) in [5, 5.41) is 12.7. The van der Waals surface area contributed by atoms with Gasteiger partial charge in [-0.05, 0) is 117 Å². The van der Waals surface area contributed by atoms with Gasteiger partial charge in [-0.25, -0.2) is 17.6 Å². The Hall–Kier alpha value is -5.38. The fourth-order valence-corrected chi connectivity index (χ4v) is 11.7. The number of halogens is 4. The largest absolute Gasteiger partial charge is 0.390 e. The highest BCUT2D eigenvalue weighted by atomic mass is 19.3. The van der Waals surface area contributed by atoms with Crippen molar-refractivity contribution in [3.63, 3.8) is 0 Å². The summed E-state index contributed by atoms with van der Waals surface area (Å²) >= 11 is 0. The van der Waals surface area contributed by atoms with Crippen LogP contribution in [-0.4, -0.2) is 104 Å². The van der Waals surface area contributed by atoms with Gasteiger partial charge in [-0.3, -0.25) is 39.2 Å². The molecule has 0 bridgehead atoms. The second kappa shape index (κ2) is 16.2. The lowest BCUT2D eigenvalue weighted by Crippen LogP contribution is -2.52. The van der Waals surface area contributed by atoms with E-state index in [1.165, 1.54) is 21.9 Å². The van der Waals surface area contributed by atoms with Gasteiger partial charge in [0.25, 0.3) is 11.8 Å². The van der Waals surface area contributed by atoms with Gasteiger partial charge >= 0.3 is 0 Å². The molecule has 6 aliphatic rings. The molecule has 64 heavy (non-hydrogen) atoms. The van der Waals surface area contributed by atoms with Gasteiger partial charge < -0.3 is 15.0 Å². The fourth-order valence-electron chi connectivity index (χ4n) is 11.7. The highest BCUT2D eigenvalue weighted by Crippen LogP contribution is 2.46. The zero-order valence-corrected chi connectivity index (χ0v) is 35.8. The number of hydrogen-bond donors (Lipinski definition) is 3. The number of piperidine rings is 2. The van der Waals surface area contributed by atoms with E-state index in [4.69, 9.17) is 0 Å². The first-order valence-electron chi connectivity index (χ1n) is 22.6. The Morgan fingerprint density at radius 1 is 0.906 bits per heavy atom. The van der Waals surface area contributed by atoms with Crippen molar-refractivity contribution in [3.05, 3.63) is 111 Å². The third-order valence-corrected chi connectivity index (χ3v) is 15.0. The number of nitrogens with one attached hydrogen (secondary N) is 2. The first kappa shape index (κ1) is 42.6. The normalized spacial score (nSPS) is 25.8. The molecule has 0 spiro atoms. The lowest BCUT2D eigenvalue weighted by molar-refractivity contribution is -0.138. The number of carbonyl (C=O) groups is 4. The Balaban J connectivity index is 0.764. The van der Waals surface area contributed by atoms with Crippen molar-refractivity contribution < 1.29 is 41.8 Å². The number of aliphatic hydroxyl groups is 1. The number of imide groups is 1. The molecule has 4 aromatic rings. The average molecular weight is 881 g/mol. The first-order valence-corrected chi connectivity index (χ1v) is 22.6. The number of alkyl halides is 2. The van der Waals surface area contributed by atoms with Crippen LogP contribution in [0.4, 0.5) is 17.6 Å². The SMILES string of the molecule is C=C1c2cc3c(cc2C(=O)N1C1CCC(=O)NC1=O)CN(C1CCN(C(=O)C2CCC(c4cc(F)c([C@@H]5c6[nH]c7ccccc7c6C[C@@H](C)N5CC(F)(F)CO)c(F)c4)CC2)CC1)C3. The molecule has 15 heteroatoms. The Bertz CT molecular complexity index is 2530. The van der Waals surface area contributed by atoms with Gasteiger partial charge in [0.1, 0.15) is 24.3 Å². The third-order valence-electron chi connectivity index (χ3n) is 15.0. The van der Waals surface area contributed by atoms with Crippen molar-refractivity contribution in [1.82, 2.24) is 29.9 Å². The molecular weight excluding hydrogens is 829 g/mol. The predicted octanol–water partition coefficient (Wildman–Crippen LogP) is 6.92. The molecule has 3 atom stereocenters. The van der Waals surface area contributed by atoms with E-state index in [1.807, 2.05) is 41.3 Å². The van der Waals surface area contributed by atoms with Crippen LogP contribution in [0.3, 0.4) is 0 Å². The summed E-state index contributed by atoms with van der Waals surface area (Å²) in [5.41, 5.74) is 6.14. The summed E-state index contributed by atoms with van der Waals surface area (Å²) in [7, 11) is 0. The van der Waals surface area contributed by atoms with Crippen LogP contribution in [0.25, 0.3) is 16.6 Å². The summed E-state index contributed by atoms with van der Waals surface area (Å²) < 4.78 is 62.5. The molecule has 3 aromatic carbocycles. The zero-order chi connectivity index (χ0) is 44.8. The Morgan fingerprint density at radius 3 is 2.25 bits per heavy atom. The second-order valence-corrected chi connectivity index (χ2v) is 18.9. The third kappa shape index (κ3) is 7.33. The van der Waals surface area contributed by atoms with Gasteiger partial charge in [0.2, 0.25) is 17.7 Å². The number of H-pyrrole nitrogens is 1. The molecule has 11 nitrogen and oxygen atoms in total. The average Bonchev–Trinajstić information content (AvgIpc) is 3.94. The van der Waals surface area contributed by atoms with E-state index in [2.05, 4.69) is 21.8 Å². The Labute approximate surface area is 368 Å². The fraction of sp³-hybridized carbons (Fsp3) is 0.469. The van der Waals surface area contributed by atoms with Crippen molar-refractivity contribution in [2.24, 2.45) is 5.92 Å². The van der Waals surface area contributed by atoms with Crippen LogP contribution in [-0.2, 0) is 33.9 Å². The minimum Gasteiger partial charge on any atom is -0.390 e. The van der Waals surface area contributed by atoms with Crippen molar-refractivity contribution in [2.75, 3.05) is 26.2 Å². The van der Waals surface area contributed by atoms with Gasteiger partial charge in [0, 0.05) is 89.6 Å². The molecule has 2 saturated heterocycles. The molecule has 1 aromatic heterocycles. The smallest absolute Gasteiger partial charge is 0.283 e. The highest BCUT2D eigenvalue weighted by molar-refractivity contribution is 6.12. The van der Waals surface area contributed by atoms with Crippen LogP contribution < -0.4 is 5.32 Å². The van der Waals surface area contributed by atoms with Crippen LogP contribution >= 0.6 is 0 Å². The van der Waals surface area contributed by atoms with E-state index < -0.39 is 54.7 Å². The quantitative estimate of drug-likeness (QED) is 0.130. The summed E-state index contributed by atoms with van der Waals surface area (Å²) in [5.74, 6) is -6.43. The molecular formula is C49H52F4N6O5. The number of fused-ring (bicyclic) bond motifs is 5. The number of para-hydroxylation sites is 1. The second-order valence-electron chi connectivity index (χ2n) is 18.9. The first-order chi connectivity index (χ1) is 30.7. The molecule has 336 valence electrons. The van der Waals surface area contributed by atoms with Crippen LogP contribution in [0.2, 0.25) is 0 Å². The van der Waals surface area contributed by atoms with Crippen molar-refractivity contribution >= 4 is 40.2 Å². The number of likely N-dealkylation sites (tertiary alicyclic amines) is 1. The van der Waals surface area contributed by atoms with E-state index >= 15 is 8.78 Å². The standard InChI is InChI=1S/C49H52F4N6O5/c1-26-17-36-34-5-3-4-6-40(34)54-44(36)45(58(26)24-49(52,53)25-60)43-38(50)20-30(21-39(43)51)28-7-9-29(10-8-28)47(63)56-15-13-33(14-16-56)57-22-31-18-35-27(2)59(41-11-12-42(61)55-46(41)62)48(64)37(35)19-32(31)23-57/h3-6,18-21,26,28-29,33,41,45,54,60H,2,7-17,22-25H2,1H3,(H,55,61,62)/t26-,28?,29?,41?,45-/m1/s1. The molecule has 3 N–H and O–H groups in total. The number of amides is 4. The molecule has 10 rings (SSSR count). The van der Waals surface area contributed by atoms with E-state index in [0.29, 0.717) is 86.4 Å². The maximum Gasteiger partial charge on any atom is 0.283 e. The maximum atomic E-state index is 16.4. The molecule has 6 heterocycles. The topological polar surface area (TPSA) is 129 Å². The van der Waals surface area contributed by atoms with Crippen LogP contribution in [0, 0.1) is 17.6 Å². The molecule has 4 amide bonds. The number of rotatable bonds is 8. The number of carbonyl (C=O) groups excluding carboxylic acids is 4. The number of hydrogen-bond acceptors (Lipinski definition) is 7. The van der Waals surface area contributed by atoms with Gasteiger partial charge in [-0.1, -0.05) is 24.8 Å². The molecule has 1 aliphatic carbocycles. The highest BCUT2D eigenvalue weighted by Gasteiger charge is 2.45. The molecule has 5 aliphatic heterocycles. The van der Waals surface area contributed by atoms with E-state index in [-0.39, 0.29) is 54.0 Å². The van der Waals surface area contributed by atoms with E-state index in [1.54, 1.807) is 6.92 Å². The van der Waals surface area contributed by atoms with Crippen LogP contribution in [0.1, 0.15) is 120 Å². The van der Waals surface area contributed by atoms with Crippen LogP contribution in [0.5, 0.6) is 0 Å². The van der Waals surface area contributed by atoms with E-state index in [0.717, 1.165) is 40.4 Å². The maximum absolute atomic E-state index is 16.4. The number of benzene rings is 3. The number of aromatic amines is 1. The Morgan fingerprint density at radius 2 is 1.58 bits per heavy atom. The van der Waals surface area contributed by atoms with Crippen molar-refractivity contribution in [1.29, 1.82) is 0 Å². The number of aromatic nitrogens is 1. The van der Waals surface area contributed by atoms with Crippen molar-refractivity contribution in [3.8, 4) is 0 Å². The summed E-state index contributed by atoms with van der Waals surface area (Å²) in [4.78, 5) is 62.2. The van der Waals surface area contributed by atoms with Gasteiger partial charge in [-0.2, -0.15) is 0 Å². The summed E-state index contributed by atoms with van der Waals surface area (Å²) in [6, 6.07) is 11.9. The van der Waals surface area contributed by atoms with Gasteiger partial charge in [0.15, 0.2) is 0 Å². The summed E-state index contributed by atoms with van der Waals surface area (Å²) in [6.45, 7) is 6.30. The molecule has 1 unspecified atom stereocenters. The predicted molar refractivity (Wildman–Crippen MR) is 230 cm³/mol. The summed E-state index contributed by atoms with van der Waals surface area (Å²) in [6.07, 6.45) is 4.79. The van der Waals surface area contributed by atoms with Gasteiger partial charge in [0.05, 0.1) is 12.6 Å². The van der Waals surface area contributed by atoms with Gasteiger partial charge in [-0.15, -0.1) is 0 Å².